The first-order valence-corrected chi connectivity index (χ1v) is 12.4. The standard InChI is InChI=1S/C30H35N3O4/c1-29(2,3)36-27(34)31-20-13-15-22-23-16-14-21(33(7)28(35)37-30(4,5)6)18-25(23)32-26(24(22)17-20)19-11-9-8-10-12-19/h8-18,26,32H,1-7H3,(H,31,34). The van der Waals surface area contributed by atoms with Gasteiger partial charge in [-0.25, -0.2) is 9.59 Å². The highest BCUT2D eigenvalue weighted by atomic mass is 16.6. The zero-order valence-electron chi connectivity index (χ0n) is 22.5. The van der Waals surface area contributed by atoms with E-state index in [1.807, 2.05) is 96.1 Å². The van der Waals surface area contributed by atoms with Gasteiger partial charge in [0.15, 0.2) is 0 Å². The summed E-state index contributed by atoms with van der Waals surface area (Å²) in [6.45, 7) is 11.0. The van der Waals surface area contributed by atoms with Crippen LogP contribution in [0.2, 0.25) is 0 Å². The molecule has 2 amide bonds. The molecule has 0 fully saturated rings. The van der Waals surface area contributed by atoms with E-state index in [1.165, 1.54) is 4.90 Å². The molecule has 1 aliphatic heterocycles. The van der Waals surface area contributed by atoms with Crippen molar-refractivity contribution < 1.29 is 19.1 Å². The third kappa shape index (κ3) is 6.23. The Labute approximate surface area is 218 Å². The van der Waals surface area contributed by atoms with Crippen molar-refractivity contribution in [3.63, 3.8) is 0 Å². The molecule has 3 aromatic rings. The van der Waals surface area contributed by atoms with Crippen LogP contribution in [-0.2, 0) is 9.47 Å². The third-order valence-electron chi connectivity index (χ3n) is 5.79. The molecule has 2 N–H and O–H groups in total. The number of hydrogen-bond acceptors (Lipinski definition) is 5. The molecule has 1 aliphatic rings. The maximum atomic E-state index is 12.7. The van der Waals surface area contributed by atoms with Gasteiger partial charge in [-0.05, 0) is 82.5 Å². The maximum absolute atomic E-state index is 12.7. The molecule has 1 unspecified atom stereocenters. The molecule has 0 saturated heterocycles. The highest BCUT2D eigenvalue weighted by Gasteiger charge is 2.28. The molecule has 7 heteroatoms. The van der Waals surface area contributed by atoms with Gasteiger partial charge in [0.05, 0.1) is 6.04 Å². The summed E-state index contributed by atoms with van der Waals surface area (Å²) >= 11 is 0. The van der Waals surface area contributed by atoms with Crippen LogP contribution in [0.15, 0.2) is 66.7 Å². The van der Waals surface area contributed by atoms with Crippen molar-refractivity contribution in [1.82, 2.24) is 0 Å². The van der Waals surface area contributed by atoms with Gasteiger partial charge in [-0.3, -0.25) is 10.2 Å². The predicted molar refractivity (Wildman–Crippen MR) is 148 cm³/mol. The van der Waals surface area contributed by atoms with E-state index < -0.39 is 23.4 Å². The van der Waals surface area contributed by atoms with Crippen LogP contribution in [0.25, 0.3) is 11.1 Å². The molecule has 0 spiro atoms. The minimum absolute atomic E-state index is 0.161. The second-order valence-electron chi connectivity index (χ2n) is 11.2. The Bertz CT molecular complexity index is 1310. The van der Waals surface area contributed by atoms with Gasteiger partial charge in [0, 0.05) is 29.7 Å². The summed E-state index contributed by atoms with van der Waals surface area (Å²) in [4.78, 5) is 26.6. The van der Waals surface area contributed by atoms with Crippen molar-refractivity contribution in [3.05, 3.63) is 77.9 Å². The fourth-order valence-electron chi connectivity index (χ4n) is 4.22. The molecule has 1 atom stereocenters. The first kappa shape index (κ1) is 26.1. The van der Waals surface area contributed by atoms with Crippen LogP contribution >= 0.6 is 0 Å². The number of rotatable bonds is 3. The van der Waals surface area contributed by atoms with E-state index >= 15 is 0 Å². The minimum atomic E-state index is -0.588. The fourth-order valence-corrected chi connectivity index (χ4v) is 4.22. The van der Waals surface area contributed by atoms with E-state index in [0.29, 0.717) is 5.69 Å². The smallest absolute Gasteiger partial charge is 0.414 e. The number of anilines is 3. The number of nitrogens with zero attached hydrogens (tertiary/aromatic N) is 1. The second kappa shape index (κ2) is 9.81. The largest absolute Gasteiger partial charge is 0.444 e. The number of ether oxygens (including phenoxy) is 2. The van der Waals surface area contributed by atoms with E-state index in [2.05, 4.69) is 22.8 Å². The SMILES string of the molecule is CN(C(=O)OC(C)(C)C)c1ccc2c(c1)NC(c1ccccc1)c1cc(NC(=O)OC(C)(C)C)ccc1-2. The summed E-state index contributed by atoms with van der Waals surface area (Å²) in [5.41, 5.74) is 5.27. The Hall–Kier alpha value is -4.00. The van der Waals surface area contributed by atoms with Crippen LogP contribution in [0, 0.1) is 0 Å². The molecular formula is C30H35N3O4. The summed E-state index contributed by atoms with van der Waals surface area (Å²) in [5.74, 6) is 0. The van der Waals surface area contributed by atoms with Crippen LogP contribution in [0.4, 0.5) is 26.7 Å². The highest BCUT2D eigenvalue weighted by Crippen LogP contribution is 2.45. The molecule has 37 heavy (non-hydrogen) atoms. The van der Waals surface area contributed by atoms with Gasteiger partial charge >= 0.3 is 12.2 Å². The van der Waals surface area contributed by atoms with Crippen molar-refractivity contribution >= 4 is 29.2 Å². The Morgan fingerprint density at radius 1 is 0.838 bits per heavy atom. The van der Waals surface area contributed by atoms with Gasteiger partial charge in [-0.15, -0.1) is 0 Å². The third-order valence-corrected chi connectivity index (χ3v) is 5.79. The summed E-state index contributed by atoms with van der Waals surface area (Å²) in [6, 6.07) is 21.7. The number of amides is 2. The van der Waals surface area contributed by atoms with Gasteiger partial charge in [0.2, 0.25) is 0 Å². The van der Waals surface area contributed by atoms with Crippen molar-refractivity contribution in [2.75, 3.05) is 22.6 Å². The summed E-state index contributed by atoms with van der Waals surface area (Å²) < 4.78 is 11.0. The zero-order valence-corrected chi connectivity index (χ0v) is 22.5. The predicted octanol–water partition coefficient (Wildman–Crippen LogP) is 7.59. The van der Waals surface area contributed by atoms with E-state index in [0.717, 1.165) is 33.6 Å². The Morgan fingerprint density at radius 3 is 2.14 bits per heavy atom. The highest BCUT2D eigenvalue weighted by molar-refractivity contribution is 5.93. The molecule has 7 nitrogen and oxygen atoms in total. The van der Waals surface area contributed by atoms with Crippen molar-refractivity contribution in [1.29, 1.82) is 0 Å². The monoisotopic (exact) mass is 501 g/mol. The lowest BCUT2D eigenvalue weighted by Gasteiger charge is -2.32. The molecule has 1 heterocycles. The molecule has 0 saturated carbocycles. The molecule has 3 aromatic carbocycles. The lowest BCUT2D eigenvalue weighted by atomic mass is 9.86. The van der Waals surface area contributed by atoms with Gasteiger partial charge < -0.3 is 14.8 Å². The summed E-state index contributed by atoms with van der Waals surface area (Å²) in [6.07, 6.45) is -0.913. The number of fused-ring (bicyclic) bond motifs is 3. The van der Waals surface area contributed by atoms with Gasteiger partial charge in [-0.2, -0.15) is 0 Å². The van der Waals surface area contributed by atoms with Crippen LogP contribution in [-0.4, -0.2) is 30.4 Å². The van der Waals surface area contributed by atoms with E-state index in [-0.39, 0.29) is 6.04 Å². The number of nitrogens with one attached hydrogen (secondary N) is 2. The first-order valence-electron chi connectivity index (χ1n) is 12.4. The van der Waals surface area contributed by atoms with Crippen molar-refractivity contribution in [3.8, 4) is 11.1 Å². The molecule has 194 valence electrons. The Morgan fingerprint density at radius 2 is 1.49 bits per heavy atom. The Balaban J connectivity index is 1.72. The normalized spacial score (nSPS) is 14.5. The second-order valence-corrected chi connectivity index (χ2v) is 11.2. The molecular weight excluding hydrogens is 466 g/mol. The number of benzene rings is 3. The zero-order chi connectivity index (χ0) is 27.0. The number of carbonyl (C=O) groups is 2. The molecule has 4 rings (SSSR count). The van der Waals surface area contributed by atoms with Gasteiger partial charge in [0.25, 0.3) is 0 Å². The quantitative estimate of drug-likeness (QED) is 0.386. The van der Waals surface area contributed by atoms with Crippen LogP contribution in [0.3, 0.4) is 0 Å². The summed E-state index contributed by atoms with van der Waals surface area (Å²) in [5, 5.41) is 6.50. The van der Waals surface area contributed by atoms with Crippen molar-refractivity contribution in [2.24, 2.45) is 0 Å². The molecule has 0 bridgehead atoms. The maximum Gasteiger partial charge on any atom is 0.414 e. The first-order chi connectivity index (χ1) is 17.3. The average Bonchev–Trinajstić information content (AvgIpc) is 2.80. The number of carbonyl (C=O) groups excluding carboxylic acids is 2. The van der Waals surface area contributed by atoms with Crippen molar-refractivity contribution in [2.45, 2.75) is 58.8 Å². The minimum Gasteiger partial charge on any atom is -0.444 e. The lowest BCUT2D eigenvalue weighted by molar-refractivity contribution is 0.0587. The summed E-state index contributed by atoms with van der Waals surface area (Å²) in [7, 11) is 1.70. The van der Waals surface area contributed by atoms with Gasteiger partial charge in [-0.1, -0.05) is 42.5 Å². The van der Waals surface area contributed by atoms with E-state index in [9.17, 15) is 9.59 Å². The average molecular weight is 502 g/mol. The van der Waals surface area contributed by atoms with Crippen LogP contribution in [0.5, 0.6) is 0 Å². The van der Waals surface area contributed by atoms with Gasteiger partial charge in [0.1, 0.15) is 11.2 Å². The molecule has 0 radical (unpaired) electrons. The number of hydrogen-bond donors (Lipinski definition) is 2. The topological polar surface area (TPSA) is 79.9 Å². The van der Waals surface area contributed by atoms with Crippen LogP contribution < -0.4 is 15.5 Å². The lowest BCUT2D eigenvalue weighted by Crippen LogP contribution is -2.34. The molecule has 0 aromatic heterocycles. The fraction of sp³-hybridized carbons (Fsp3) is 0.333. The molecule has 0 aliphatic carbocycles. The van der Waals surface area contributed by atoms with E-state index in [4.69, 9.17) is 9.47 Å². The Kier molecular flexibility index (Phi) is 6.91. The van der Waals surface area contributed by atoms with E-state index in [1.54, 1.807) is 7.05 Å². The van der Waals surface area contributed by atoms with Crippen LogP contribution in [0.1, 0.15) is 58.7 Å².